The molecular formula is C16H14FNO3. The van der Waals surface area contributed by atoms with Gasteiger partial charge in [-0.3, -0.25) is 0 Å². The molecule has 1 atom stereocenters. The van der Waals surface area contributed by atoms with Crippen molar-refractivity contribution in [3.8, 4) is 5.75 Å². The minimum atomic E-state index is -1.02. The van der Waals surface area contributed by atoms with Crippen LogP contribution in [0.2, 0.25) is 0 Å². The van der Waals surface area contributed by atoms with Crippen LogP contribution in [0.5, 0.6) is 5.75 Å². The van der Waals surface area contributed by atoms with Crippen molar-refractivity contribution in [2.45, 2.75) is 12.5 Å². The topological polar surface area (TPSA) is 58.6 Å². The second-order valence-corrected chi connectivity index (χ2v) is 4.89. The maximum atomic E-state index is 13.2. The quantitative estimate of drug-likeness (QED) is 0.907. The smallest absolute Gasteiger partial charge is 0.330 e. The van der Waals surface area contributed by atoms with Crippen molar-refractivity contribution < 1.29 is 19.0 Å². The number of carboxylic acid groups (broad SMARTS) is 1. The van der Waals surface area contributed by atoms with Gasteiger partial charge in [-0.2, -0.15) is 0 Å². The molecule has 0 aromatic heterocycles. The lowest BCUT2D eigenvalue weighted by Gasteiger charge is -2.17. The highest BCUT2D eigenvalue weighted by Crippen LogP contribution is 2.29. The summed E-state index contributed by atoms with van der Waals surface area (Å²) in [5.41, 5.74) is 2.05. The second kappa shape index (κ2) is 5.44. The molecule has 2 aromatic carbocycles. The number of rotatable bonds is 4. The Balaban J connectivity index is 1.89. The molecule has 0 radical (unpaired) electrons. The van der Waals surface area contributed by atoms with Crippen LogP contribution in [0.1, 0.15) is 17.2 Å². The van der Waals surface area contributed by atoms with E-state index >= 15 is 0 Å². The molecule has 0 saturated carbocycles. The summed E-state index contributed by atoms with van der Waals surface area (Å²) in [6.07, 6.45) is 0.773. The molecule has 3 rings (SSSR count). The van der Waals surface area contributed by atoms with E-state index in [1.807, 2.05) is 6.07 Å². The Labute approximate surface area is 121 Å². The Morgan fingerprint density at radius 3 is 2.90 bits per heavy atom. The number of ether oxygens (including phenoxy) is 1. The first kappa shape index (κ1) is 13.4. The molecule has 1 heterocycles. The number of aliphatic carboxylic acids is 1. The maximum Gasteiger partial charge on any atom is 0.330 e. The molecule has 0 aliphatic carbocycles. The van der Waals surface area contributed by atoms with Gasteiger partial charge in [-0.05, 0) is 41.5 Å². The maximum absolute atomic E-state index is 13.2. The van der Waals surface area contributed by atoms with Gasteiger partial charge < -0.3 is 15.2 Å². The molecule has 0 saturated heterocycles. The molecule has 0 amide bonds. The standard InChI is InChI=1S/C16H14FNO3/c17-12-2-1-3-13(9-12)18-15(16(19)20)11-4-5-14-10(8-11)6-7-21-14/h1-5,8-9,15,18H,6-7H2,(H,19,20). The van der Waals surface area contributed by atoms with E-state index in [0.29, 0.717) is 17.9 Å². The second-order valence-electron chi connectivity index (χ2n) is 4.89. The molecule has 0 spiro atoms. The normalized spacial score (nSPS) is 14.1. The summed E-state index contributed by atoms with van der Waals surface area (Å²) in [5, 5.41) is 12.3. The van der Waals surface area contributed by atoms with Crippen LogP contribution in [-0.4, -0.2) is 17.7 Å². The Morgan fingerprint density at radius 1 is 1.29 bits per heavy atom. The molecule has 0 fully saturated rings. The van der Waals surface area contributed by atoms with Crippen LogP contribution in [0.4, 0.5) is 10.1 Å². The molecule has 0 bridgehead atoms. The first-order chi connectivity index (χ1) is 10.1. The van der Waals surface area contributed by atoms with Crippen molar-refractivity contribution in [1.29, 1.82) is 0 Å². The highest BCUT2D eigenvalue weighted by Gasteiger charge is 2.22. The number of fused-ring (bicyclic) bond motifs is 1. The number of carboxylic acids is 1. The van der Waals surface area contributed by atoms with Gasteiger partial charge in [0.1, 0.15) is 11.6 Å². The van der Waals surface area contributed by atoms with E-state index in [1.54, 1.807) is 18.2 Å². The average Bonchev–Trinajstić information content (AvgIpc) is 2.92. The van der Waals surface area contributed by atoms with Gasteiger partial charge in [0.25, 0.3) is 0 Å². The number of benzene rings is 2. The van der Waals surface area contributed by atoms with Crippen LogP contribution >= 0.6 is 0 Å². The largest absolute Gasteiger partial charge is 0.493 e. The van der Waals surface area contributed by atoms with Crippen molar-refractivity contribution >= 4 is 11.7 Å². The number of hydrogen-bond acceptors (Lipinski definition) is 3. The van der Waals surface area contributed by atoms with Gasteiger partial charge in [-0.1, -0.05) is 12.1 Å². The lowest BCUT2D eigenvalue weighted by Crippen LogP contribution is -2.20. The van der Waals surface area contributed by atoms with Crippen LogP contribution in [0.15, 0.2) is 42.5 Å². The molecule has 4 nitrogen and oxygen atoms in total. The van der Waals surface area contributed by atoms with Crippen LogP contribution in [0, 0.1) is 5.82 Å². The van der Waals surface area contributed by atoms with Gasteiger partial charge in [0.05, 0.1) is 6.61 Å². The SMILES string of the molecule is O=C(O)C(Nc1cccc(F)c1)c1ccc2c(c1)CCO2. The number of hydrogen-bond donors (Lipinski definition) is 2. The summed E-state index contributed by atoms with van der Waals surface area (Å²) in [6.45, 7) is 0.619. The van der Waals surface area contributed by atoms with Crippen LogP contribution in [0.3, 0.4) is 0 Å². The lowest BCUT2D eigenvalue weighted by atomic mass is 10.0. The van der Waals surface area contributed by atoms with Gasteiger partial charge in [0.2, 0.25) is 0 Å². The molecule has 1 aliphatic heterocycles. The summed E-state index contributed by atoms with van der Waals surface area (Å²) in [7, 11) is 0. The first-order valence-corrected chi connectivity index (χ1v) is 6.64. The van der Waals surface area contributed by atoms with E-state index in [0.717, 1.165) is 17.7 Å². The monoisotopic (exact) mass is 287 g/mol. The molecule has 2 aromatic rings. The van der Waals surface area contributed by atoms with Crippen molar-refractivity contribution in [2.24, 2.45) is 0 Å². The fraction of sp³-hybridized carbons (Fsp3) is 0.188. The Bertz CT molecular complexity index is 687. The molecule has 108 valence electrons. The van der Waals surface area contributed by atoms with E-state index in [1.165, 1.54) is 18.2 Å². The fourth-order valence-corrected chi connectivity index (χ4v) is 2.42. The van der Waals surface area contributed by atoms with Gasteiger partial charge in [-0.25, -0.2) is 9.18 Å². The summed E-state index contributed by atoms with van der Waals surface area (Å²) < 4.78 is 18.6. The molecular weight excluding hydrogens is 273 g/mol. The first-order valence-electron chi connectivity index (χ1n) is 6.64. The van der Waals surface area contributed by atoms with E-state index in [-0.39, 0.29) is 0 Å². The van der Waals surface area contributed by atoms with E-state index in [4.69, 9.17) is 4.74 Å². The highest BCUT2D eigenvalue weighted by molar-refractivity contribution is 5.79. The van der Waals surface area contributed by atoms with Gasteiger partial charge >= 0.3 is 5.97 Å². The van der Waals surface area contributed by atoms with Crippen LogP contribution in [0.25, 0.3) is 0 Å². The Hall–Kier alpha value is -2.56. The summed E-state index contributed by atoms with van der Waals surface area (Å²) >= 11 is 0. The summed E-state index contributed by atoms with van der Waals surface area (Å²) in [6, 6.07) is 10.1. The third-order valence-electron chi connectivity index (χ3n) is 3.43. The zero-order valence-electron chi connectivity index (χ0n) is 11.2. The predicted molar refractivity (Wildman–Crippen MR) is 76.0 cm³/mol. The van der Waals surface area contributed by atoms with Crippen LogP contribution < -0.4 is 10.1 Å². The Morgan fingerprint density at radius 2 is 2.14 bits per heavy atom. The molecule has 1 unspecified atom stereocenters. The minimum Gasteiger partial charge on any atom is -0.493 e. The van der Waals surface area contributed by atoms with Gasteiger partial charge in [0.15, 0.2) is 6.04 Å². The van der Waals surface area contributed by atoms with Crippen molar-refractivity contribution in [3.63, 3.8) is 0 Å². The molecule has 5 heteroatoms. The fourth-order valence-electron chi connectivity index (χ4n) is 2.42. The van der Waals surface area contributed by atoms with E-state index < -0.39 is 17.8 Å². The average molecular weight is 287 g/mol. The molecule has 21 heavy (non-hydrogen) atoms. The molecule has 1 aliphatic rings. The Kier molecular flexibility index (Phi) is 3.48. The highest BCUT2D eigenvalue weighted by atomic mass is 19.1. The lowest BCUT2D eigenvalue weighted by molar-refractivity contribution is -0.138. The van der Waals surface area contributed by atoms with Crippen molar-refractivity contribution in [1.82, 2.24) is 0 Å². The summed E-state index contributed by atoms with van der Waals surface area (Å²) in [4.78, 5) is 11.5. The van der Waals surface area contributed by atoms with E-state index in [2.05, 4.69) is 5.32 Å². The van der Waals surface area contributed by atoms with Gasteiger partial charge in [-0.15, -0.1) is 0 Å². The number of halogens is 1. The van der Waals surface area contributed by atoms with E-state index in [9.17, 15) is 14.3 Å². The number of carbonyl (C=O) groups is 1. The van der Waals surface area contributed by atoms with Crippen molar-refractivity contribution in [2.75, 3.05) is 11.9 Å². The van der Waals surface area contributed by atoms with Gasteiger partial charge in [0, 0.05) is 12.1 Å². The number of nitrogens with one attached hydrogen (secondary N) is 1. The third-order valence-corrected chi connectivity index (χ3v) is 3.43. The summed E-state index contributed by atoms with van der Waals surface area (Å²) in [5.74, 6) is -0.627. The van der Waals surface area contributed by atoms with Crippen molar-refractivity contribution in [3.05, 3.63) is 59.4 Å². The zero-order chi connectivity index (χ0) is 14.8. The van der Waals surface area contributed by atoms with Crippen LogP contribution in [-0.2, 0) is 11.2 Å². The third kappa shape index (κ3) is 2.81. The molecule has 2 N–H and O–H groups in total. The zero-order valence-corrected chi connectivity index (χ0v) is 11.2. The minimum absolute atomic E-state index is 0.411. The number of anilines is 1. The predicted octanol–water partition coefficient (Wildman–Crippen LogP) is 3.00.